The number of aromatic amines is 1. The minimum atomic E-state index is -0.639. The lowest BCUT2D eigenvalue weighted by Gasteiger charge is -2.25. The Morgan fingerprint density at radius 3 is 2.61 bits per heavy atom. The van der Waals surface area contributed by atoms with Gasteiger partial charge in [-0.1, -0.05) is 44.9 Å². The summed E-state index contributed by atoms with van der Waals surface area (Å²) in [4.78, 5) is 41.8. The number of nitrogens with one attached hydrogen (secondary N) is 1. The van der Waals surface area contributed by atoms with Crippen molar-refractivity contribution >= 4 is 17.4 Å². The van der Waals surface area contributed by atoms with Crippen LogP contribution in [0.15, 0.2) is 33.9 Å². The highest BCUT2D eigenvalue weighted by atomic mass is 16.2. The van der Waals surface area contributed by atoms with E-state index in [1.807, 2.05) is 33.8 Å². The Hall–Kier alpha value is -2.83. The monoisotopic (exact) mass is 386 g/mol. The largest absolute Gasteiger partial charge is 0.383 e. The Balaban J connectivity index is 2.58. The minimum Gasteiger partial charge on any atom is -0.383 e. The molecule has 0 radical (unpaired) electrons. The molecule has 0 aliphatic heterocycles. The van der Waals surface area contributed by atoms with Crippen LogP contribution in [0.25, 0.3) is 0 Å². The molecule has 0 unspecified atom stereocenters. The minimum absolute atomic E-state index is 0.0342. The zero-order valence-corrected chi connectivity index (χ0v) is 17.1. The van der Waals surface area contributed by atoms with Gasteiger partial charge in [0.15, 0.2) is 5.69 Å². The number of carbonyl (C=O) groups is 1. The van der Waals surface area contributed by atoms with E-state index >= 15 is 0 Å². The van der Waals surface area contributed by atoms with Crippen molar-refractivity contribution in [2.75, 3.05) is 17.2 Å². The van der Waals surface area contributed by atoms with Crippen molar-refractivity contribution in [3.63, 3.8) is 0 Å². The highest BCUT2D eigenvalue weighted by molar-refractivity contribution is 6.07. The second-order valence-electron chi connectivity index (χ2n) is 7.51. The number of aromatic nitrogens is 2. The molecule has 152 valence electrons. The summed E-state index contributed by atoms with van der Waals surface area (Å²) < 4.78 is 1.34. The van der Waals surface area contributed by atoms with Crippen LogP contribution in [0.5, 0.6) is 0 Å². The van der Waals surface area contributed by atoms with Crippen LogP contribution < -0.4 is 21.9 Å². The molecule has 7 nitrogen and oxygen atoms in total. The van der Waals surface area contributed by atoms with E-state index in [0.717, 1.165) is 18.4 Å². The molecule has 1 amide bonds. The molecule has 0 aliphatic rings. The highest BCUT2D eigenvalue weighted by Crippen LogP contribution is 2.21. The van der Waals surface area contributed by atoms with Crippen molar-refractivity contribution in [2.45, 2.75) is 53.5 Å². The number of aryl methyl sites for hydroxylation is 1. The Labute approximate surface area is 165 Å². The van der Waals surface area contributed by atoms with Gasteiger partial charge >= 0.3 is 5.69 Å². The molecule has 28 heavy (non-hydrogen) atoms. The van der Waals surface area contributed by atoms with E-state index in [-0.39, 0.29) is 17.4 Å². The number of carbonyl (C=O) groups excluding carboxylic acids is 1. The Morgan fingerprint density at radius 2 is 2.00 bits per heavy atom. The lowest BCUT2D eigenvalue weighted by atomic mass is 10.1. The summed E-state index contributed by atoms with van der Waals surface area (Å²) in [5.74, 6) is 0.0633. The van der Waals surface area contributed by atoms with Crippen LogP contribution in [0.3, 0.4) is 0 Å². The molecule has 0 bridgehead atoms. The van der Waals surface area contributed by atoms with Crippen molar-refractivity contribution in [3.05, 3.63) is 56.2 Å². The molecule has 0 aliphatic carbocycles. The summed E-state index contributed by atoms with van der Waals surface area (Å²) in [6, 6.07) is 7.21. The standard InChI is InChI=1S/C21H30N4O3/c1-5-6-11-25-18(22)17(19(26)23-21(25)28)24(12-10-14(2)3)20(27)16-9-7-8-15(4)13-16/h7-9,13-14H,5-6,10-12,22H2,1-4H3,(H,23,26,28). The zero-order valence-electron chi connectivity index (χ0n) is 17.1. The van der Waals surface area contributed by atoms with Crippen LogP contribution in [0.4, 0.5) is 11.5 Å². The average Bonchev–Trinajstić information content (AvgIpc) is 2.63. The van der Waals surface area contributed by atoms with Gasteiger partial charge in [0.2, 0.25) is 0 Å². The van der Waals surface area contributed by atoms with Crippen molar-refractivity contribution in [1.82, 2.24) is 9.55 Å². The number of benzene rings is 1. The summed E-state index contributed by atoms with van der Waals surface area (Å²) in [5, 5.41) is 0. The van der Waals surface area contributed by atoms with Crippen molar-refractivity contribution < 1.29 is 4.79 Å². The van der Waals surface area contributed by atoms with Gasteiger partial charge in [-0.25, -0.2) is 4.79 Å². The summed E-state index contributed by atoms with van der Waals surface area (Å²) in [6.45, 7) is 8.73. The topological polar surface area (TPSA) is 101 Å². The van der Waals surface area contributed by atoms with Crippen molar-refractivity contribution in [1.29, 1.82) is 0 Å². The number of rotatable bonds is 8. The van der Waals surface area contributed by atoms with Crippen molar-refractivity contribution in [3.8, 4) is 0 Å². The molecule has 7 heteroatoms. The number of nitrogen functional groups attached to an aromatic ring is 1. The van der Waals surface area contributed by atoms with E-state index in [1.165, 1.54) is 9.47 Å². The third kappa shape index (κ3) is 4.91. The fourth-order valence-corrected chi connectivity index (χ4v) is 3.01. The molecule has 0 saturated heterocycles. The van der Waals surface area contributed by atoms with Gasteiger partial charge in [-0.3, -0.25) is 19.1 Å². The van der Waals surface area contributed by atoms with E-state index < -0.39 is 11.2 Å². The molecule has 3 N–H and O–H groups in total. The number of nitrogens with zero attached hydrogens (tertiary/aromatic N) is 2. The van der Waals surface area contributed by atoms with Gasteiger partial charge in [-0.05, 0) is 37.8 Å². The summed E-state index contributed by atoms with van der Waals surface area (Å²) >= 11 is 0. The molecule has 0 atom stereocenters. The van der Waals surface area contributed by atoms with Gasteiger partial charge in [0.1, 0.15) is 5.82 Å². The van der Waals surface area contributed by atoms with Gasteiger partial charge in [0, 0.05) is 18.7 Å². The molecule has 1 aromatic heterocycles. The number of unbranched alkanes of at least 4 members (excludes halogenated alkanes) is 1. The summed E-state index contributed by atoms with van der Waals surface area (Å²) in [5.41, 5.74) is 6.51. The van der Waals surface area contributed by atoms with Crippen molar-refractivity contribution in [2.24, 2.45) is 5.92 Å². The Kier molecular flexibility index (Phi) is 7.20. The number of amides is 1. The first-order valence-corrected chi connectivity index (χ1v) is 9.77. The van der Waals surface area contributed by atoms with E-state index in [1.54, 1.807) is 18.2 Å². The number of hydrogen-bond acceptors (Lipinski definition) is 4. The molecular formula is C21H30N4O3. The number of hydrogen-bond donors (Lipinski definition) is 2. The third-order valence-corrected chi connectivity index (χ3v) is 4.66. The molecule has 0 spiro atoms. The molecule has 1 heterocycles. The highest BCUT2D eigenvalue weighted by Gasteiger charge is 2.25. The molecule has 1 aromatic carbocycles. The van der Waals surface area contributed by atoms with Crippen LogP contribution in [-0.4, -0.2) is 22.0 Å². The Bertz CT molecular complexity index is 943. The van der Waals surface area contributed by atoms with E-state index in [0.29, 0.717) is 31.0 Å². The number of nitrogens with two attached hydrogens (primary N) is 1. The molecular weight excluding hydrogens is 356 g/mol. The summed E-state index contributed by atoms with van der Waals surface area (Å²) in [6.07, 6.45) is 2.32. The van der Waals surface area contributed by atoms with E-state index in [2.05, 4.69) is 4.98 Å². The normalized spacial score (nSPS) is 11.0. The van der Waals surface area contributed by atoms with Gasteiger partial charge in [-0.15, -0.1) is 0 Å². The fraction of sp³-hybridized carbons (Fsp3) is 0.476. The zero-order chi connectivity index (χ0) is 20.8. The lowest BCUT2D eigenvalue weighted by molar-refractivity contribution is 0.0985. The van der Waals surface area contributed by atoms with Crippen LogP contribution in [-0.2, 0) is 6.54 Å². The van der Waals surface area contributed by atoms with Crippen LogP contribution in [0.2, 0.25) is 0 Å². The second-order valence-corrected chi connectivity index (χ2v) is 7.51. The van der Waals surface area contributed by atoms with Crippen LogP contribution >= 0.6 is 0 Å². The molecule has 0 fully saturated rings. The quantitative estimate of drug-likeness (QED) is 0.728. The maximum atomic E-state index is 13.3. The smallest absolute Gasteiger partial charge is 0.330 e. The van der Waals surface area contributed by atoms with Gasteiger partial charge in [-0.2, -0.15) is 0 Å². The van der Waals surface area contributed by atoms with Gasteiger partial charge in [0.25, 0.3) is 11.5 Å². The SMILES string of the molecule is CCCCn1c(N)c(N(CCC(C)C)C(=O)c2cccc(C)c2)c(=O)[nH]c1=O. The van der Waals surface area contributed by atoms with Gasteiger partial charge in [0.05, 0.1) is 0 Å². The first kappa shape index (κ1) is 21.5. The molecule has 2 aromatic rings. The van der Waals surface area contributed by atoms with Crippen LogP contribution in [0.1, 0.15) is 56.0 Å². The fourth-order valence-electron chi connectivity index (χ4n) is 3.01. The predicted molar refractivity (Wildman–Crippen MR) is 113 cm³/mol. The first-order chi connectivity index (χ1) is 13.3. The predicted octanol–water partition coefficient (Wildman–Crippen LogP) is 2.92. The van der Waals surface area contributed by atoms with Gasteiger partial charge < -0.3 is 10.6 Å². The maximum Gasteiger partial charge on any atom is 0.330 e. The average molecular weight is 386 g/mol. The Morgan fingerprint density at radius 1 is 1.29 bits per heavy atom. The maximum absolute atomic E-state index is 13.3. The molecule has 0 saturated carbocycles. The van der Waals surface area contributed by atoms with E-state index in [9.17, 15) is 14.4 Å². The van der Waals surface area contributed by atoms with Crippen LogP contribution in [0, 0.1) is 12.8 Å². The second kappa shape index (κ2) is 9.39. The summed E-state index contributed by atoms with van der Waals surface area (Å²) in [7, 11) is 0. The number of anilines is 2. The lowest BCUT2D eigenvalue weighted by Crippen LogP contribution is -2.42. The van der Waals surface area contributed by atoms with E-state index in [4.69, 9.17) is 5.73 Å². The third-order valence-electron chi connectivity index (χ3n) is 4.66. The number of H-pyrrole nitrogens is 1. The molecule has 2 rings (SSSR count). The first-order valence-electron chi connectivity index (χ1n) is 9.77.